The van der Waals surface area contributed by atoms with Gasteiger partial charge in [-0.2, -0.15) is 5.10 Å². The molecule has 0 aliphatic heterocycles. The highest BCUT2D eigenvalue weighted by Crippen LogP contribution is 2.17. The number of aromatic nitrogens is 3. The fraction of sp³-hybridized carbons (Fsp3) is 0.0526. The topological polar surface area (TPSA) is 110 Å². The molecule has 8 nitrogen and oxygen atoms in total. The lowest BCUT2D eigenvalue weighted by Crippen LogP contribution is -2.16. The van der Waals surface area contributed by atoms with Crippen molar-refractivity contribution in [1.29, 1.82) is 0 Å². The Hall–Kier alpha value is -3.66. The highest BCUT2D eigenvalue weighted by atomic mass is 32.2. The summed E-state index contributed by atoms with van der Waals surface area (Å²) in [6.07, 6.45) is 5.23. The Balaban J connectivity index is 1.48. The quantitative estimate of drug-likeness (QED) is 0.227. The van der Waals surface area contributed by atoms with E-state index in [4.69, 9.17) is 5.84 Å². The smallest absolute Gasteiger partial charge is 0.264 e. The molecule has 3 aromatic rings. The number of thioether (sulfide) groups is 1. The van der Waals surface area contributed by atoms with Crippen LogP contribution in [0.5, 0.6) is 0 Å². The summed E-state index contributed by atoms with van der Waals surface area (Å²) >= 11 is 1.09. The number of anilines is 2. The summed E-state index contributed by atoms with van der Waals surface area (Å²) in [5.74, 6) is 5.42. The molecule has 1 amide bonds. The number of benzene rings is 2. The van der Waals surface area contributed by atoms with Crippen LogP contribution in [0, 0.1) is 5.82 Å². The largest absolute Gasteiger partial charge is 0.334 e. The zero-order chi connectivity index (χ0) is 20.5. The maximum atomic E-state index is 13.1. The van der Waals surface area contributed by atoms with Crippen molar-refractivity contribution in [2.75, 3.05) is 22.3 Å². The van der Waals surface area contributed by atoms with Crippen molar-refractivity contribution in [1.82, 2.24) is 14.9 Å². The van der Waals surface area contributed by atoms with E-state index in [2.05, 4.69) is 26.0 Å². The second-order valence-electron chi connectivity index (χ2n) is 5.68. The second-order valence-corrected chi connectivity index (χ2v) is 6.63. The SMILES string of the molecule is Nn1c(N/N=C/C=C/c2ccccc2)nnc1SCC(=O)Nc1cccc(F)c1. The molecule has 0 aliphatic rings. The predicted octanol–water partition coefficient (Wildman–Crippen LogP) is 2.97. The molecule has 3 rings (SSSR count). The number of carbonyl (C=O) groups excluding carboxylic acids is 1. The van der Waals surface area contributed by atoms with E-state index in [1.807, 2.05) is 36.4 Å². The van der Waals surface area contributed by atoms with Gasteiger partial charge in [0.25, 0.3) is 5.95 Å². The third-order valence-electron chi connectivity index (χ3n) is 3.52. The summed E-state index contributed by atoms with van der Waals surface area (Å²) in [6.45, 7) is 0. The Bertz CT molecular complexity index is 1020. The Kier molecular flexibility index (Phi) is 6.95. The van der Waals surface area contributed by atoms with E-state index in [1.54, 1.807) is 18.4 Å². The molecule has 0 unspecified atom stereocenters. The minimum absolute atomic E-state index is 0.0366. The number of nitrogens with zero attached hydrogens (tertiary/aromatic N) is 4. The van der Waals surface area contributed by atoms with Crippen molar-refractivity contribution >= 4 is 41.6 Å². The standard InChI is InChI=1S/C19H18FN7OS/c20-15-9-4-10-16(12-15)23-17(28)13-29-19-26-25-18(27(19)21)24-22-11-5-8-14-6-2-1-3-7-14/h1-12H,13,21H2,(H,23,28)(H,24,25)/b8-5+,22-11+. The zero-order valence-corrected chi connectivity index (χ0v) is 16.0. The summed E-state index contributed by atoms with van der Waals surface area (Å²) < 4.78 is 14.3. The van der Waals surface area contributed by atoms with Crippen LogP contribution in [-0.2, 0) is 4.79 Å². The number of nitrogens with two attached hydrogens (primary N) is 1. The van der Waals surface area contributed by atoms with Crippen LogP contribution >= 0.6 is 11.8 Å². The molecule has 148 valence electrons. The van der Waals surface area contributed by atoms with Gasteiger partial charge in [0.05, 0.1) is 5.75 Å². The lowest BCUT2D eigenvalue weighted by atomic mass is 10.2. The van der Waals surface area contributed by atoms with Gasteiger partial charge in [-0.3, -0.25) is 4.79 Å². The van der Waals surface area contributed by atoms with Crippen LogP contribution in [-0.4, -0.2) is 32.7 Å². The van der Waals surface area contributed by atoms with Crippen LogP contribution in [0.25, 0.3) is 6.08 Å². The summed E-state index contributed by atoms with van der Waals surface area (Å²) in [4.78, 5) is 12.0. The van der Waals surface area contributed by atoms with Crippen molar-refractivity contribution in [3.05, 3.63) is 72.1 Å². The van der Waals surface area contributed by atoms with Crippen molar-refractivity contribution in [3.63, 3.8) is 0 Å². The van der Waals surface area contributed by atoms with Crippen LogP contribution in [0.2, 0.25) is 0 Å². The Morgan fingerprint density at radius 1 is 1.21 bits per heavy atom. The van der Waals surface area contributed by atoms with Crippen LogP contribution in [0.3, 0.4) is 0 Å². The number of hydrogen-bond acceptors (Lipinski definition) is 7. The zero-order valence-electron chi connectivity index (χ0n) is 15.2. The van der Waals surface area contributed by atoms with E-state index in [0.29, 0.717) is 10.8 Å². The molecular weight excluding hydrogens is 393 g/mol. The molecule has 10 heteroatoms. The number of amides is 1. The molecule has 0 fully saturated rings. The van der Waals surface area contributed by atoms with Crippen molar-refractivity contribution in [3.8, 4) is 0 Å². The normalized spacial score (nSPS) is 11.2. The molecule has 0 atom stereocenters. The Morgan fingerprint density at radius 2 is 2.03 bits per heavy atom. The fourth-order valence-corrected chi connectivity index (χ4v) is 2.86. The summed E-state index contributed by atoms with van der Waals surface area (Å²) in [5.41, 5.74) is 4.11. The molecule has 0 radical (unpaired) electrons. The third kappa shape index (κ3) is 6.18. The summed E-state index contributed by atoms with van der Waals surface area (Å²) in [6, 6.07) is 15.4. The van der Waals surface area contributed by atoms with E-state index in [-0.39, 0.29) is 17.6 Å². The maximum Gasteiger partial charge on any atom is 0.264 e. The molecule has 0 aliphatic carbocycles. The first kappa shape index (κ1) is 20.1. The average molecular weight is 411 g/mol. The number of hydrazone groups is 1. The highest BCUT2D eigenvalue weighted by Gasteiger charge is 2.12. The minimum Gasteiger partial charge on any atom is -0.334 e. The van der Waals surface area contributed by atoms with Crippen molar-refractivity contribution in [2.24, 2.45) is 5.10 Å². The maximum absolute atomic E-state index is 13.1. The van der Waals surface area contributed by atoms with Gasteiger partial charge in [0.15, 0.2) is 0 Å². The van der Waals surface area contributed by atoms with Gasteiger partial charge < -0.3 is 11.2 Å². The molecule has 1 heterocycles. The molecule has 2 aromatic carbocycles. The first-order chi connectivity index (χ1) is 14.1. The van der Waals surface area contributed by atoms with Gasteiger partial charge >= 0.3 is 0 Å². The van der Waals surface area contributed by atoms with Gasteiger partial charge in [0, 0.05) is 11.9 Å². The molecule has 29 heavy (non-hydrogen) atoms. The van der Waals surface area contributed by atoms with E-state index >= 15 is 0 Å². The average Bonchev–Trinajstić information content (AvgIpc) is 3.06. The first-order valence-corrected chi connectivity index (χ1v) is 9.50. The van der Waals surface area contributed by atoms with Crippen LogP contribution in [0.1, 0.15) is 5.56 Å². The van der Waals surface area contributed by atoms with Gasteiger partial charge in [-0.1, -0.05) is 54.2 Å². The molecule has 0 saturated heterocycles. The van der Waals surface area contributed by atoms with E-state index in [9.17, 15) is 9.18 Å². The highest BCUT2D eigenvalue weighted by molar-refractivity contribution is 7.99. The second kappa shape index (κ2) is 10.0. The van der Waals surface area contributed by atoms with E-state index in [0.717, 1.165) is 17.3 Å². The fourth-order valence-electron chi connectivity index (χ4n) is 2.20. The monoisotopic (exact) mass is 411 g/mol. The Morgan fingerprint density at radius 3 is 2.83 bits per heavy atom. The lowest BCUT2D eigenvalue weighted by molar-refractivity contribution is -0.113. The van der Waals surface area contributed by atoms with Crippen molar-refractivity contribution < 1.29 is 9.18 Å². The van der Waals surface area contributed by atoms with Gasteiger partial charge in [-0.25, -0.2) is 14.5 Å². The van der Waals surface area contributed by atoms with Gasteiger partial charge in [0.2, 0.25) is 11.1 Å². The Labute approximate surface area is 170 Å². The number of allylic oxidation sites excluding steroid dienone is 1. The number of halogens is 1. The van der Waals surface area contributed by atoms with Gasteiger partial charge in [0.1, 0.15) is 5.82 Å². The van der Waals surface area contributed by atoms with Crippen LogP contribution in [0.4, 0.5) is 16.0 Å². The first-order valence-electron chi connectivity index (χ1n) is 8.51. The van der Waals surface area contributed by atoms with Crippen LogP contribution in [0.15, 0.2) is 70.9 Å². The number of nitrogen functional groups attached to an aromatic ring is 1. The predicted molar refractivity (Wildman–Crippen MR) is 114 cm³/mol. The molecule has 1 aromatic heterocycles. The molecule has 0 saturated carbocycles. The summed E-state index contributed by atoms with van der Waals surface area (Å²) in [7, 11) is 0. The van der Waals surface area contributed by atoms with Gasteiger partial charge in [-0.05, 0) is 29.8 Å². The molecule has 0 spiro atoms. The number of nitrogens with one attached hydrogen (secondary N) is 2. The third-order valence-corrected chi connectivity index (χ3v) is 4.46. The van der Waals surface area contributed by atoms with Crippen LogP contribution < -0.4 is 16.6 Å². The molecular formula is C19H18FN7OS. The minimum atomic E-state index is -0.424. The van der Waals surface area contributed by atoms with E-state index in [1.165, 1.54) is 22.9 Å². The van der Waals surface area contributed by atoms with E-state index < -0.39 is 5.82 Å². The number of carbonyl (C=O) groups is 1. The molecule has 0 bridgehead atoms. The van der Waals surface area contributed by atoms with Crippen molar-refractivity contribution in [2.45, 2.75) is 5.16 Å². The number of rotatable bonds is 8. The lowest BCUT2D eigenvalue weighted by Gasteiger charge is -2.05. The molecule has 4 N–H and O–H groups in total. The summed E-state index contributed by atoms with van der Waals surface area (Å²) in [5, 5.41) is 14.7. The van der Waals surface area contributed by atoms with Gasteiger partial charge in [-0.15, -0.1) is 10.2 Å². The number of hydrogen-bond donors (Lipinski definition) is 3.